The van der Waals surface area contributed by atoms with Gasteiger partial charge in [-0.3, -0.25) is 0 Å². The highest BCUT2D eigenvalue weighted by Gasteiger charge is 2.32. The molecule has 1 atom stereocenters. The summed E-state index contributed by atoms with van der Waals surface area (Å²) in [4.78, 5) is 0.456. The summed E-state index contributed by atoms with van der Waals surface area (Å²) in [6.07, 6.45) is 3.25. The van der Waals surface area contributed by atoms with Gasteiger partial charge >= 0.3 is 0 Å². The molecule has 2 aliphatic heterocycles. The van der Waals surface area contributed by atoms with Crippen molar-refractivity contribution in [2.24, 2.45) is 5.92 Å². The Hall–Kier alpha value is -0.910. The molecule has 2 aliphatic rings. The fraction of sp³-hybridized carbons (Fsp3) is 0.600. The van der Waals surface area contributed by atoms with Gasteiger partial charge in [0.15, 0.2) is 0 Å². The van der Waals surface area contributed by atoms with Gasteiger partial charge in [-0.15, -0.1) is 0 Å². The maximum Gasteiger partial charge on any atom is 0.243 e. The predicted molar refractivity (Wildman–Crippen MR) is 78.8 cm³/mol. The molecular weight excluding hydrogens is 272 g/mol. The maximum absolute atomic E-state index is 12.7. The standard InChI is InChI=1S/C15H22N2O2S/c1-2-3-12-6-7-17(11-12)20(18,19)15-5-4-13-9-16-10-14(13)8-15/h4-5,8,12,16H,2-3,6-7,9-11H2,1H3. The van der Waals surface area contributed by atoms with Crippen LogP contribution >= 0.6 is 0 Å². The molecule has 2 heterocycles. The van der Waals surface area contributed by atoms with Gasteiger partial charge in [0.25, 0.3) is 0 Å². The van der Waals surface area contributed by atoms with Crippen LogP contribution in [0.1, 0.15) is 37.3 Å². The molecule has 5 heteroatoms. The Kier molecular flexibility index (Phi) is 3.84. The molecule has 110 valence electrons. The fourth-order valence-electron chi connectivity index (χ4n) is 3.24. The van der Waals surface area contributed by atoms with Gasteiger partial charge in [-0.2, -0.15) is 4.31 Å². The molecular formula is C15H22N2O2S. The van der Waals surface area contributed by atoms with Gasteiger partial charge in [-0.25, -0.2) is 8.42 Å². The zero-order chi connectivity index (χ0) is 14.2. The third kappa shape index (κ3) is 2.50. The number of nitrogens with zero attached hydrogens (tertiary/aromatic N) is 1. The molecule has 1 unspecified atom stereocenters. The smallest absolute Gasteiger partial charge is 0.243 e. The summed E-state index contributed by atoms with van der Waals surface area (Å²) < 4.78 is 27.0. The minimum absolute atomic E-state index is 0.456. The van der Waals surface area contributed by atoms with Crippen LogP contribution in [0.2, 0.25) is 0 Å². The molecule has 1 aromatic rings. The van der Waals surface area contributed by atoms with Gasteiger partial charge < -0.3 is 5.32 Å². The quantitative estimate of drug-likeness (QED) is 0.925. The first-order valence-electron chi connectivity index (χ1n) is 7.44. The van der Waals surface area contributed by atoms with E-state index in [1.807, 2.05) is 12.1 Å². The largest absolute Gasteiger partial charge is 0.309 e. The third-order valence-corrected chi connectivity index (χ3v) is 6.25. The minimum atomic E-state index is -3.31. The number of hydrogen-bond acceptors (Lipinski definition) is 3. The van der Waals surface area contributed by atoms with Crippen LogP contribution in [0.15, 0.2) is 23.1 Å². The summed E-state index contributed by atoms with van der Waals surface area (Å²) >= 11 is 0. The Bertz CT molecular complexity index is 598. The van der Waals surface area contributed by atoms with Crippen LogP contribution in [0.4, 0.5) is 0 Å². The van der Waals surface area contributed by atoms with E-state index in [1.54, 1.807) is 10.4 Å². The first kappa shape index (κ1) is 14.0. The van der Waals surface area contributed by atoms with E-state index in [2.05, 4.69) is 12.2 Å². The van der Waals surface area contributed by atoms with Crippen molar-refractivity contribution >= 4 is 10.0 Å². The van der Waals surface area contributed by atoms with Crippen molar-refractivity contribution in [3.8, 4) is 0 Å². The van der Waals surface area contributed by atoms with Crippen molar-refractivity contribution in [3.05, 3.63) is 29.3 Å². The molecule has 4 nitrogen and oxygen atoms in total. The van der Waals surface area contributed by atoms with Gasteiger partial charge in [-0.05, 0) is 42.0 Å². The van der Waals surface area contributed by atoms with Crippen LogP contribution in [0.5, 0.6) is 0 Å². The second-order valence-corrected chi connectivity index (χ2v) is 7.78. The Balaban J connectivity index is 1.82. The highest BCUT2D eigenvalue weighted by molar-refractivity contribution is 7.89. The zero-order valence-electron chi connectivity index (χ0n) is 11.9. The van der Waals surface area contributed by atoms with Crippen LogP contribution in [0.3, 0.4) is 0 Å². The van der Waals surface area contributed by atoms with E-state index in [1.165, 1.54) is 5.56 Å². The van der Waals surface area contributed by atoms with E-state index in [0.29, 0.717) is 23.9 Å². The summed E-state index contributed by atoms with van der Waals surface area (Å²) in [7, 11) is -3.31. The average molecular weight is 294 g/mol. The van der Waals surface area contributed by atoms with Crippen LogP contribution in [0.25, 0.3) is 0 Å². The lowest BCUT2D eigenvalue weighted by Gasteiger charge is -2.17. The molecule has 1 aromatic carbocycles. The van der Waals surface area contributed by atoms with Crippen LogP contribution in [-0.2, 0) is 23.1 Å². The van der Waals surface area contributed by atoms with E-state index in [0.717, 1.165) is 37.9 Å². The number of rotatable bonds is 4. The minimum Gasteiger partial charge on any atom is -0.309 e. The van der Waals surface area contributed by atoms with Crippen molar-refractivity contribution in [3.63, 3.8) is 0 Å². The maximum atomic E-state index is 12.7. The van der Waals surface area contributed by atoms with Gasteiger partial charge in [0, 0.05) is 26.2 Å². The summed E-state index contributed by atoms with van der Waals surface area (Å²) in [6, 6.07) is 5.55. The molecule has 20 heavy (non-hydrogen) atoms. The lowest BCUT2D eigenvalue weighted by Crippen LogP contribution is -2.29. The first-order valence-corrected chi connectivity index (χ1v) is 8.88. The Morgan fingerprint density at radius 1 is 1.30 bits per heavy atom. The van der Waals surface area contributed by atoms with Crippen molar-refractivity contribution in [1.29, 1.82) is 0 Å². The number of nitrogens with one attached hydrogen (secondary N) is 1. The third-order valence-electron chi connectivity index (χ3n) is 4.39. The highest BCUT2D eigenvalue weighted by atomic mass is 32.2. The highest BCUT2D eigenvalue weighted by Crippen LogP contribution is 2.28. The van der Waals surface area contributed by atoms with Crippen molar-refractivity contribution in [2.75, 3.05) is 13.1 Å². The monoisotopic (exact) mass is 294 g/mol. The Morgan fingerprint density at radius 2 is 2.10 bits per heavy atom. The normalized spacial score (nSPS) is 23.1. The molecule has 1 N–H and O–H groups in total. The molecule has 0 bridgehead atoms. The van der Waals surface area contributed by atoms with E-state index < -0.39 is 10.0 Å². The summed E-state index contributed by atoms with van der Waals surface area (Å²) in [5, 5.41) is 3.25. The topological polar surface area (TPSA) is 49.4 Å². The van der Waals surface area contributed by atoms with Crippen LogP contribution in [-0.4, -0.2) is 25.8 Å². The van der Waals surface area contributed by atoms with Gasteiger partial charge in [0.1, 0.15) is 0 Å². The van der Waals surface area contributed by atoms with Crippen molar-refractivity contribution in [2.45, 2.75) is 44.2 Å². The van der Waals surface area contributed by atoms with Crippen LogP contribution < -0.4 is 5.32 Å². The summed E-state index contributed by atoms with van der Waals surface area (Å²) in [5.74, 6) is 0.533. The van der Waals surface area contributed by atoms with E-state index in [4.69, 9.17) is 0 Å². The molecule has 1 fully saturated rings. The summed E-state index contributed by atoms with van der Waals surface area (Å²) in [5.41, 5.74) is 2.34. The number of fused-ring (bicyclic) bond motifs is 1. The first-order chi connectivity index (χ1) is 9.61. The van der Waals surface area contributed by atoms with Gasteiger partial charge in [0.05, 0.1) is 4.90 Å². The second-order valence-electron chi connectivity index (χ2n) is 5.84. The average Bonchev–Trinajstić information content (AvgIpc) is 3.06. The van der Waals surface area contributed by atoms with Gasteiger partial charge in [-0.1, -0.05) is 19.4 Å². The van der Waals surface area contributed by atoms with Crippen LogP contribution in [0, 0.1) is 5.92 Å². The van der Waals surface area contributed by atoms with E-state index in [9.17, 15) is 8.42 Å². The van der Waals surface area contributed by atoms with E-state index >= 15 is 0 Å². The number of hydrogen-bond donors (Lipinski definition) is 1. The zero-order valence-corrected chi connectivity index (χ0v) is 12.7. The SMILES string of the molecule is CCCC1CCN(S(=O)(=O)c2ccc3c(c2)CNC3)C1. The number of benzene rings is 1. The van der Waals surface area contributed by atoms with Crippen molar-refractivity contribution in [1.82, 2.24) is 9.62 Å². The lowest BCUT2D eigenvalue weighted by molar-refractivity contribution is 0.444. The molecule has 0 saturated carbocycles. The molecule has 3 rings (SSSR count). The molecule has 0 radical (unpaired) electrons. The molecule has 0 aliphatic carbocycles. The molecule has 0 spiro atoms. The second kappa shape index (κ2) is 5.47. The van der Waals surface area contributed by atoms with Gasteiger partial charge in [0.2, 0.25) is 10.0 Å². The number of sulfonamides is 1. The fourth-order valence-corrected chi connectivity index (χ4v) is 4.82. The van der Waals surface area contributed by atoms with E-state index in [-0.39, 0.29) is 0 Å². The molecule has 0 aromatic heterocycles. The summed E-state index contributed by atoms with van der Waals surface area (Å²) in [6.45, 7) is 5.13. The van der Waals surface area contributed by atoms with Crippen molar-refractivity contribution < 1.29 is 8.42 Å². The Morgan fingerprint density at radius 3 is 2.90 bits per heavy atom. The lowest BCUT2D eigenvalue weighted by atomic mass is 10.0. The molecule has 0 amide bonds. The Labute approximate surface area is 121 Å². The predicted octanol–water partition coefficient (Wildman–Crippen LogP) is 2.10. The molecule has 1 saturated heterocycles.